The van der Waals surface area contributed by atoms with Gasteiger partial charge in [0.15, 0.2) is 0 Å². The lowest BCUT2D eigenvalue weighted by molar-refractivity contribution is -0.152. The number of halogens is 1. The Hall–Kier alpha value is -1.11. The molecule has 5 rings (SSSR count). The molecule has 4 aliphatic rings. The number of esters is 1. The molecule has 0 aromatic heterocycles. The summed E-state index contributed by atoms with van der Waals surface area (Å²) >= 11 is 2.27. The molecule has 4 saturated carbocycles. The SMILES string of the molecule is COC(=O)[C@H](Cc1ccccc1I)NC(=O)C12CC3CC(CC(C3)C1)C2. The Morgan fingerprint density at radius 3 is 2.27 bits per heavy atom. The minimum absolute atomic E-state index is 0.0814. The molecule has 1 N–H and O–H groups in total. The van der Waals surface area contributed by atoms with Crippen molar-refractivity contribution < 1.29 is 14.3 Å². The molecular formula is C21H26INO3. The van der Waals surface area contributed by atoms with Crippen LogP contribution in [0.15, 0.2) is 24.3 Å². The third kappa shape index (κ3) is 3.39. The molecule has 0 spiro atoms. The highest BCUT2D eigenvalue weighted by Crippen LogP contribution is 2.60. The molecule has 4 aliphatic carbocycles. The monoisotopic (exact) mass is 467 g/mol. The van der Waals surface area contributed by atoms with E-state index >= 15 is 0 Å². The van der Waals surface area contributed by atoms with Crippen LogP contribution in [-0.2, 0) is 20.7 Å². The molecule has 0 radical (unpaired) electrons. The van der Waals surface area contributed by atoms with Crippen LogP contribution in [0.5, 0.6) is 0 Å². The highest BCUT2D eigenvalue weighted by Gasteiger charge is 2.55. The predicted octanol–water partition coefficient (Wildman–Crippen LogP) is 3.71. The summed E-state index contributed by atoms with van der Waals surface area (Å²) in [6.07, 6.45) is 7.38. The fourth-order valence-electron chi connectivity index (χ4n) is 5.92. The highest BCUT2D eigenvalue weighted by molar-refractivity contribution is 14.1. The van der Waals surface area contributed by atoms with E-state index in [0.717, 1.165) is 28.4 Å². The summed E-state index contributed by atoms with van der Waals surface area (Å²) in [5.74, 6) is 1.84. The van der Waals surface area contributed by atoms with Crippen molar-refractivity contribution in [2.75, 3.05) is 7.11 Å². The smallest absolute Gasteiger partial charge is 0.328 e. The number of carbonyl (C=O) groups excluding carboxylic acids is 2. The molecule has 140 valence electrons. The number of hydrogen-bond donors (Lipinski definition) is 1. The number of rotatable bonds is 5. The van der Waals surface area contributed by atoms with Gasteiger partial charge in [-0.1, -0.05) is 18.2 Å². The third-order valence-electron chi connectivity index (χ3n) is 6.69. The van der Waals surface area contributed by atoms with E-state index in [9.17, 15) is 9.59 Å². The Morgan fingerprint density at radius 1 is 1.15 bits per heavy atom. The Morgan fingerprint density at radius 2 is 1.73 bits per heavy atom. The van der Waals surface area contributed by atoms with Gasteiger partial charge in [-0.15, -0.1) is 0 Å². The largest absolute Gasteiger partial charge is 0.467 e. The van der Waals surface area contributed by atoms with Crippen LogP contribution < -0.4 is 5.32 Å². The number of methoxy groups -OCH3 is 1. The first-order valence-corrected chi connectivity index (χ1v) is 10.7. The van der Waals surface area contributed by atoms with Gasteiger partial charge in [-0.25, -0.2) is 4.79 Å². The van der Waals surface area contributed by atoms with Crippen LogP contribution >= 0.6 is 22.6 Å². The number of ether oxygens (including phenoxy) is 1. The molecule has 1 aromatic rings. The molecule has 1 aromatic carbocycles. The molecule has 0 saturated heterocycles. The average molecular weight is 467 g/mol. The van der Waals surface area contributed by atoms with Gasteiger partial charge in [0.05, 0.1) is 7.11 Å². The first kappa shape index (κ1) is 18.3. The zero-order valence-corrected chi connectivity index (χ0v) is 17.3. The van der Waals surface area contributed by atoms with Gasteiger partial charge in [-0.3, -0.25) is 4.79 Å². The lowest BCUT2D eigenvalue weighted by atomic mass is 9.49. The van der Waals surface area contributed by atoms with Crippen molar-refractivity contribution in [1.29, 1.82) is 0 Å². The van der Waals surface area contributed by atoms with Crippen molar-refractivity contribution in [2.45, 2.75) is 51.0 Å². The standard InChI is InChI=1S/C21H26INO3/c1-26-19(24)18(9-16-4-2-3-5-17(16)22)23-20(25)21-10-13-6-14(11-21)8-15(7-13)12-21/h2-5,13-15,18H,6-12H2,1H3,(H,23,25)/t13?,14?,15?,18-,21?/m0/s1. The Balaban J connectivity index is 1.51. The summed E-state index contributed by atoms with van der Waals surface area (Å²) < 4.78 is 6.09. The minimum Gasteiger partial charge on any atom is -0.467 e. The van der Waals surface area contributed by atoms with E-state index in [4.69, 9.17) is 4.74 Å². The molecule has 0 aliphatic heterocycles. The molecule has 1 amide bonds. The first-order chi connectivity index (χ1) is 12.5. The lowest BCUT2D eigenvalue weighted by Gasteiger charge is -2.55. The molecule has 26 heavy (non-hydrogen) atoms. The van der Waals surface area contributed by atoms with E-state index in [1.54, 1.807) is 0 Å². The van der Waals surface area contributed by atoms with Crippen molar-refractivity contribution in [2.24, 2.45) is 23.2 Å². The van der Waals surface area contributed by atoms with Crippen LogP contribution in [0, 0.1) is 26.7 Å². The van der Waals surface area contributed by atoms with Crippen LogP contribution in [0.4, 0.5) is 0 Å². The lowest BCUT2D eigenvalue weighted by Crippen LogP contribution is -2.56. The van der Waals surface area contributed by atoms with Gasteiger partial charge in [-0.05, 0) is 90.5 Å². The Bertz CT molecular complexity index is 682. The van der Waals surface area contributed by atoms with Crippen LogP contribution in [0.2, 0.25) is 0 Å². The quantitative estimate of drug-likeness (QED) is 0.531. The van der Waals surface area contributed by atoms with Crippen molar-refractivity contribution in [3.63, 3.8) is 0 Å². The fourth-order valence-corrected chi connectivity index (χ4v) is 6.53. The topological polar surface area (TPSA) is 55.4 Å². The van der Waals surface area contributed by atoms with E-state index in [1.165, 1.54) is 26.4 Å². The van der Waals surface area contributed by atoms with Crippen molar-refractivity contribution in [1.82, 2.24) is 5.32 Å². The second kappa shape index (κ2) is 7.13. The van der Waals surface area contributed by atoms with Gasteiger partial charge in [-0.2, -0.15) is 0 Å². The summed E-state index contributed by atoms with van der Waals surface area (Å²) in [6, 6.07) is 7.36. The second-order valence-electron chi connectivity index (χ2n) is 8.54. The summed E-state index contributed by atoms with van der Waals surface area (Å²) in [6.45, 7) is 0. The normalized spacial score (nSPS) is 32.9. The van der Waals surface area contributed by atoms with Crippen molar-refractivity contribution >= 4 is 34.5 Å². The van der Waals surface area contributed by atoms with Crippen LogP contribution in [-0.4, -0.2) is 25.0 Å². The zero-order valence-electron chi connectivity index (χ0n) is 15.2. The number of nitrogens with one attached hydrogen (secondary N) is 1. The summed E-state index contributed by atoms with van der Waals surface area (Å²) in [5, 5.41) is 3.08. The molecule has 4 bridgehead atoms. The van der Waals surface area contributed by atoms with Gasteiger partial charge in [0.25, 0.3) is 0 Å². The van der Waals surface area contributed by atoms with E-state index < -0.39 is 6.04 Å². The van der Waals surface area contributed by atoms with Crippen molar-refractivity contribution in [3.8, 4) is 0 Å². The maximum Gasteiger partial charge on any atom is 0.328 e. The van der Waals surface area contributed by atoms with Gasteiger partial charge < -0.3 is 10.1 Å². The van der Waals surface area contributed by atoms with Crippen LogP contribution in [0.1, 0.15) is 44.1 Å². The maximum absolute atomic E-state index is 13.3. The number of carbonyl (C=O) groups is 2. The van der Waals surface area contributed by atoms with Crippen molar-refractivity contribution in [3.05, 3.63) is 33.4 Å². The van der Waals surface area contributed by atoms with E-state index in [1.807, 2.05) is 24.3 Å². The summed E-state index contributed by atoms with van der Waals surface area (Å²) in [5.41, 5.74) is 0.819. The third-order valence-corrected chi connectivity index (χ3v) is 7.75. The highest BCUT2D eigenvalue weighted by atomic mass is 127. The Labute approximate surface area is 168 Å². The second-order valence-corrected chi connectivity index (χ2v) is 9.70. The number of benzene rings is 1. The predicted molar refractivity (Wildman–Crippen MR) is 107 cm³/mol. The van der Waals surface area contributed by atoms with Gasteiger partial charge >= 0.3 is 5.97 Å². The maximum atomic E-state index is 13.3. The van der Waals surface area contributed by atoms with Crippen LogP contribution in [0.3, 0.4) is 0 Å². The van der Waals surface area contributed by atoms with Gasteiger partial charge in [0, 0.05) is 15.4 Å². The zero-order chi connectivity index (χ0) is 18.3. The molecule has 0 unspecified atom stereocenters. The van der Waals surface area contributed by atoms with Crippen LogP contribution in [0.25, 0.3) is 0 Å². The molecule has 0 heterocycles. The van der Waals surface area contributed by atoms with Gasteiger partial charge in [0.2, 0.25) is 5.91 Å². The summed E-state index contributed by atoms with van der Waals surface area (Å²) in [7, 11) is 1.39. The van der Waals surface area contributed by atoms with E-state index in [0.29, 0.717) is 24.2 Å². The molecular weight excluding hydrogens is 441 g/mol. The minimum atomic E-state index is -0.614. The molecule has 4 fully saturated rings. The first-order valence-electron chi connectivity index (χ1n) is 9.61. The summed E-state index contributed by atoms with van der Waals surface area (Å²) in [4.78, 5) is 25.6. The van der Waals surface area contributed by atoms with Gasteiger partial charge in [0.1, 0.15) is 6.04 Å². The molecule has 5 heteroatoms. The molecule has 4 nitrogen and oxygen atoms in total. The fraction of sp³-hybridized carbons (Fsp3) is 0.619. The average Bonchev–Trinajstić information content (AvgIpc) is 2.61. The Kier molecular flexibility index (Phi) is 5.01. The van der Waals surface area contributed by atoms with E-state index in [2.05, 4.69) is 27.9 Å². The van der Waals surface area contributed by atoms with E-state index in [-0.39, 0.29) is 17.3 Å². The number of hydrogen-bond acceptors (Lipinski definition) is 3. The number of amides is 1. The molecule has 1 atom stereocenters.